The number of methoxy groups -OCH3 is 1. The fourth-order valence-electron chi connectivity index (χ4n) is 2.90. The van der Waals surface area contributed by atoms with Crippen molar-refractivity contribution in [2.24, 2.45) is 0 Å². The minimum atomic E-state index is -4.87. The molecule has 0 bridgehead atoms. The minimum Gasteiger partial charge on any atom is -0.394 e. The first kappa shape index (κ1) is 33.0. The molecule has 1 aliphatic heterocycles. The first-order valence-corrected chi connectivity index (χ1v) is 12.4. The van der Waals surface area contributed by atoms with E-state index in [-0.39, 0.29) is 0 Å². The smallest absolute Gasteiger partial charge is 0.394 e. The molecule has 190 valence electrons. The molecule has 1 fully saturated rings. The fourth-order valence-corrected chi connectivity index (χ4v) is 3.34. The summed E-state index contributed by atoms with van der Waals surface area (Å²) in [5, 5.41) is 28.1. The standard InChI is InChI=1S/C7H15O9P.2C6H15N/c1-14-6-4(9)3(2-8)15-7(5(6)10)16-17(11,12)13;2*1-4-7(5-2)6-3/h3-10H,2H2,1H3,(H2,11,12,13);2*4-6H2,1-3H3/t3-,4-,5-,6+,7-;;/m1../s1. The molecule has 1 saturated heterocycles. The van der Waals surface area contributed by atoms with E-state index >= 15 is 0 Å². The van der Waals surface area contributed by atoms with Crippen LogP contribution in [0.5, 0.6) is 0 Å². The van der Waals surface area contributed by atoms with Crippen molar-refractivity contribution < 1.29 is 43.7 Å². The number of phosphoric acid groups is 1. The van der Waals surface area contributed by atoms with E-state index < -0.39 is 45.1 Å². The van der Waals surface area contributed by atoms with E-state index in [0.717, 1.165) is 0 Å². The molecule has 0 spiro atoms. The average molecular weight is 477 g/mol. The van der Waals surface area contributed by atoms with Gasteiger partial charge in [0.15, 0.2) is 6.29 Å². The summed E-state index contributed by atoms with van der Waals surface area (Å²) < 4.78 is 24.4. The van der Waals surface area contributed by atoms with Crippen LogP contribution < -0.4 is 0 Å². The van der Waals surface area contributed by atoms with E-state index in [9.17, 15) is 14.8 Å². The van der Waals surface area contributed by atoms with Crippen LogP contribution in [0.2, 0.25) is 0 Å². The molecule has 5 atom stereocenters. The average Bonchev–Trinajstić information content (AvgIpc) is 2.73. The molecule has 0 aromatic carbocycles. The lowest BCUT2D eigenvalue weighted by Crippen LogP contribution is -2.59. The highest BCUT2D eigenvalue weighted by Crippen LogP contribution is 2.40. The van der Waals surface area contributed by atoms with Crippen molar-refractivity contribution in [2.45, 2.75) is 72.2 Å². The fraction of sp³-hybridized carbons (Fsp3) is 1.00. The van der Waals surface area contributed by atoms with Crippen molar-refractivity contribution in [3.63, 3.8) is 0 Å². The van der Waals surface area contributed by atoms with E-state index in [0.29, 0.717) is 0 Å². The number of ether oxygens (including phenoxy) is 2. The van der Waals surface area contributed by atoms with Crippen LogP contribution in [0.4, 0.5) is 0 Å². The second-order valence-electron chi connectivity index (χ2n) is 6.74. The van der Waals surface area contributed by atoms with E-state index in [4.69, 9.17) is 24.4 Å². The molecule has 1 heterocycles. The topological polar surface area (TPSA) is 152 Å². The zero-order valence-electron chi connectivity index (χ0n) is 20.0. The zero-order chi connectivity index (χ0) is 24.6. The Kier molecular flexibility index (Phi) is 19.5. The highest BCUT2D eigenvalue weighted by atomic mass is 31.2. The second-order valence-corrected chi connectivity index (χ2v) is 7.93. The van der Waals surface area contributed by atoms with Gasteiger partial charge in [0, 0.05) is 7.11 Å². The third-order valence-corrected chi connectivity index (χ3v) is 5.50. The summed E-state index contributed by atoms with van der Waals surface area (Å²) in [5.41, 5.74) is 0. The number of rotatable bonds is 10. The summed E-state index contributed by atoms with van der Waals surface area (Å²) in [4.78, 5) is 22.0. The van der Waals surface area contributed by atoms with E-state index in [1.807, 2.05) is 0 Å². The molecule has 0 unspecified atom stereocenters. The molecule has 0 amide bonds. The summed E-state index contributed by atoms with van der Waals surface area (Å²) in [5.74, 6) is 0. The molecule has 0 aromatic rings. The molecular weight excluding hydrogens is 431 g/mol. The van der Waals surface area contributed by atoms with Crippen LogP contribution in [0.25, 0.3) is 0 Å². The Morgan fingerprint density at radius 2 is 1.23 bits per heavy atom. The van der Waals surface area contributed by atoms with Crippen molar-refractivity contribution in [1.29, 1.82) is 0 Å². The Hall–Kier alpha value is -0.170. The Morgan fingerprint density at radius 1 is 0.839 bits per heavy atom. The molecule has 1 aliphatic rings. The molecule has 0 radical (unpaired) electrons. The maximum absolute atomic E-state index is 10.6. The van der Waals surface area contributed by atoms with Gasteiger partial charge in [-0.25, -0.2) is 4.57 Å². The number of hydrogen-bond donors (Lipinski definition) is 5. The Labute approximate surface area is 187 Å². The van der Waals surface area contributed by atoms with Crippen molar-refractivity contribution in [1.82, 2.24) is 9.80 Å². The van der Waals surface area contributed by atoms with Crippen molar-refractivity contribution >= 4 is 7.82 Å². The largest absolute Gasteiger partial charge is 0.472 e. The van der Waals surface area contributed by atoms with Gasteiger partial charge in [0.1, 0.15) is 24.4 Å². The number of aliphatic hydroxyl groups is 3. The predicted molar refractivity (Wildman–Crippen MR) is 119 cm³/mol. The van der Waals surface area contributed by atoms with Gasteiger partial charge in [-0.15, -0.1) is 0 Å². The normalized spacial score (nSPS) is 26.2. The van der Waals surface area contributed by atoms with Gasteiger partial charge in [-0.3, -0.25) is 4.52 Å². The van der Waals surface area contributed by atoms with Gasteiger partial charge in [0.2, 0.25) is 0 Å². The summed E-state index contributed by atoms with van der Waals surface area (Å²) >= 11 is 0. The molecule has 0 aliphatic carbocycles. The monoisotopic (exact) mass is 476 g/mol. The Balaban J connectivity index is 0. The molecule has 31 heavy (non-hydrogen) atoms. The molecule has 1 rings (SSSR count). The second kappa shape index (κ2) is 18.3. The lowest BCUT2D eigenvalue weighted by Gasteiger charge is -2.40. The quantitative estimate of drug-likeness (QED) is 0.276. The van der Waals surface area contributed by atoms with Crippen molar-refractivity contribution in [3.8, 4) is 0 Å². The number of aliphatic hydroxyl groups excluding tert-OH is 3. The van der Waals surface area contributed by atoms with Crippen molar-refractivity contribution in [2.75, 3.05) is 53.0 Å². The summed E-state index contributed by atoms with van der Waals surface area (Å²) in [6, 6.07) is 0. The Morgan fingerprint density at radius 3 is 1.45 bits per heavy atom. The van der Waals surface area contributed by atoms with Crippen LogP contribution in [0.15, 0.2) is 0 Å². The first-order valence-electron chi connectivity index (χ1n) is 10.8. The molecular formula is C19H45N2O9P. The molecule has 11 nitrogen and oxygen atoms in total. The van der Waals surface area contributed by atoms with E-state index in [1.165, 1.54) is 46.4 Å². The van der Waals surface area contributed by atoms with Crippen molar-refractivity contribution in [3.05, 3.63) is 0 Å². The van der Waals surface area contributed by atoms with Crippen LogP contribution in [0.3, 0.4) is 0 Å². The van der Waals surface area contributed by atoms with Crippen LogP contribution in [0.1, 0.15) is 41.5 Å². The van der Waals surface area contributed by atoms with Crippen LogP contribution >= 0.6 is 7.82 Å². The summed E-state index contributed by atoms with van der Waals surface area (Å²) in [7, 11) is -3.68. The molecule has 0 saturated carbocycles. The van der Waals surface area contributed by atoms with Gasteiger partial charge in [-0.2, -0.15) is 0 Å². The number of hydrogen-bond acceptors (Lipinski definition) is 9. The van der Waals surface area contributed by atoms with Gasteiger partial charge in [-0.05, 0) is 39.3 Å². The highest BCUT2D eigenvalue weighted by Gasteiger charge is 2.47. The number of nitrogens with zero attached hydrogens (tertiary/aromatic N) is 2. The third kappa shape index (κ3) is 13.9. The highest BCUT2D eigenvalue weighted by molar-refractivity contribution is 7.46. The van der Waals surface area contributed by atoms with Gasteiger partial charge in [-0.1, -0.05) is 41.5 Å². The SMILES string of the molecule is CCN(CC)CC.CCN(CC)CC.CO[C@@H]1[C@@H](O)[C@@H](OP(=O)(O)O)O[C@H](CO)[C@H]1O. The number of phosphoric ester groups is 1. The lowest BCUT2D eigenvalue weighted by molar-refractivity contribution is -0.285. The zero-order valence-corrected chi connectivity index (χ0v) is 20.9. The van der Waals surface area contributed by atoms with E-state index in [2.05, 4.69) is 55.9 Å². The minimum absolute atomic E-state index is 0.616. The van der Waals surface area contributed by atoms with Gasteiger partial charge < -0.3 is 44.4 Å². The summed E-state index contributed by atoms with van der Waals surface area (Å²) in [6.45, 7) is 19.6. The maximum Gasteiger partial charge on any atom is 0.472 e. The Bertz CT molecular complexity index is 439. The van der Waals surface area contributed by atoms with Gasteiger partial charge in [0.05, 0.1) is 6.61 Å². The lowest BCUT2D eigenvalue weighted by atomic mass is 9.99. The predicted octanol–water partition coefficient (Wildman–Crippen LogP) is 0.246. The maximum atomic E-state index is 10.6. The molecule has 0 aromatic heterocycles. The van der Waals surface area contributed by atoms with Gasteiger partial charge >= 0.3 is 7.82 Å². The third-order valence-electron chi connectivity index (χ3n) is 5.02. The molecule has 12 heteroatoms. The first-order chi connectivity index (χ1) is 14.5. The van der Waals surface area contributed by atoms with E-state index in [1.54, 1.807) is 0 Å². The van der Waals surface area contributed by atoms with Gasteiger partial charge in [0.25, 0.3) is 0 Å². The molecule has 5 N–H and O–H groups in total. The van der Waals surface area contributed by atoms with Crippen LogP contribution in [-0.4, -0.2) is 119 Å². The summed E-state index contributed by atoms with van der Waals surface area (Å²) in [6.07, 6.45) is -6.97. The van der Waals surface area contributed by atoms with Crippen LogP contribution in [-0.2, 0) is 18.6 Å². The van der Waals surface area contributed by atoms with Crippen LogP contribution in [0, 0.1) is 0 Å².